The summed E-state index contributed by atoms with van der Waals surface area (Å²) in [5.74, 6) is -0.376. The van der Waals surface area contributed by atoms with Crippen molar-refractivity contribution in [2.24, 2.45) is 11.8 Å². The van der Waals surface area contributed by atoms with Gasteiger partial charge in [0.25, 0.3) is 9.05 Å². The second-order valence-corrected chi connectivity index (χ2v) is 9.87. The number of hydrogen-bond acceptors (Lipinski definition) is 4. The van der Waals surface area contributed by atoms with Gasteiger partial charge >= 0.3 is 0 Å². The molecule has 0 saturated heterocycles. The molecule has 21 heavy (non-hydrogen) atoms. The Balaban J connectivity index is 2.32. The fourth-order valence-corrected chi connectivity index (χ4v) is 4.12. The summed E-state index contributed by atoms with van der Waals surface area (Å²) >= 11 is 0. The first-order valence-electron chi connectivity index (χ1n) is 6.24. The molecule has 1 aromatic carbocycles. The van der Waals surface area contributed by atoms with Crippen LogP contribution in [0, 0.1) is 17.7 Å². The third-order valence-electron chi connectivity index (χ3n) is 3.64. The van der Waals surface area contributed by atoms with Gasteiger partial charge < -0.3 is 0 Å². The molecule has 118 valence electrons. The van der Waals surface area contributed by atoms with E-state index in [0.29, 0.717) is 18.5 Å². The minimum absolute atomic E-state index is 0.287. The second-order valence-electron chi connectivity index (χ2n) is 5.29. The monoisotopic (exact) mass is 355 g/mol. The maximum Gasteiger partial charge on any atom is 0.261 e. The van der Waals surface area contributed by atoms with E-state index in [1.54, 1.807) is 0 Å². The lowest BCUT2D eigenvalue weighted by molar-refractivity contribution is 0.439. The Bertz CT molecular complexity index is 763. The van der Waals surface area contributed by atoms with Gasteiger partial charge in [-0.2, -0.15) is 0 Å². The number of benzene rings is 1. The summed E-state index contributed by atoms with van der Waals surface area (Å²) in [4.78, 5) is -1.03. The lowest BCUT2D eigenvalue weighted by Gasteiger charge is -2.17. The van der Waals surface area contributed by atoms with Crippen molar-refractivity contribution in [3.8, 4) is 0 Å². The Labute approximate surface area is 128 Å². The Morgan fingerprint density at radius 1 is 1.33 bits per heavy atom. The molecule has 1 saturated carbocycles. The van der Waals surface area contributed by atoms with Gasteiger partial charge in [-0.05, 0) is 36.5 Å². The Hall–Kier alpha value is -0.700. The van der Waals surface area contributed by atoms with Gasteiger partial charge in [0.1, 0.15) is 10.7 Å². The van der Waals surface area contributed by atoms with E-state index in [9.17, 15) is 21.2 Å². The van der Waals surface area contributed by atoms with Crippen molar-refractivity contribution >= 4 is 29.8 Å². The van der Waals surface area contributed by atoms with Gasteiger partial charge in [-0.3, -0.25) is 0 Å². The third kappa shape index (κ3) is 3.56. The second kappa shape index (κ2) is 5.49. The lowest BCUT2D eigenvalue weighted by atomic mass is 10.3. The minimum Gasteiger partial charge on any atom is -0.207 e. The maximum absolute atomic E-state index is 13.9. The summed E-state index contributed by atoms with van der Waals surface area (Å²) in [7, 11) is -1.61. The van der Waals surface area contributed by atoms with Crippen LogP contribution in [0.2, 0.25) is 0 Å². The Kier molecular flexibility index (Phi) is 4.36. The average Bonchev–Trinajstić information content (AvgIpc) is 3.03. The van der Waals surface area contributed by atoms with E-state index in [2.05, 4.69) is 0 Å². The van der Waals surface area contributed by atoms with Gasteiger partial charge in [-0.15, -0.1) is 0 Å². The standard InChI is InChI=1S/C12H15ClFNO4S2/c1-8-5-9(8)7-15(2)21(18,19)12-4-3-10(6-11(12)14)20(13,16)17/h3-4,6,8-9H,5,7H2,1-2H3. The molecule has 1 aliphatic carbocycles. The van der Waals surface area contributed by atoms with Crippen molar-refractivity contribution in [3.05, 3.63) is 24.0 Å². The summed E-state index contributed by atoms with van der Waals surface area (Å²) in [6, 6.07) is 2.52. The average molecular weight is 356 g/mol. The molecule has 0 spiro atoms. The van der Waals surface area contributed by atoms with Crippen LogP contribution in [0.4, 0.5) is 4.39 Å². The highest BCUT2D eigenvalue weighted by Gasteiger charge is 2.36. The summed E-state index contributed by atoms with van der Waals surface area (Å²) < 4.78 is 61.8. The van der Waals surface area contributed by atoms with Crippen molar-refractivity contribution in [1.29, 1.82) is 0 Å². The zero-order valence-corrected chi connectivity index (χ0v) is 13.8. The zero-order chi connectivity index (χ0) is 16.0. The quantitative estimate of drug-likeness (QED) is 0.758. The molecule has 2 atom stereocenters. The van der Waals surface area contributed by atoms with Crippen molar-refractivity contribution < 1.29 is 21.2 Å². The fraction of sp³-hybridized carbons (Fsp3) is 0.500. The molecule has 0 heterocycles. The summed E-state index contributed by atoms with van der Waals surface area (Å²) in [5.41, 5.74) is 0. The SMILES string of the molecule is CC1CC1CN(C)S(=O)(=O)c1ccc(S(=O)(=O)Cl)cc1F. The van der Waals surface area contributed by atoms with Gasteiger partial charge in [0.15, 0.2) is 0 Å². The van der Waals surface area contributed by atoms with Crippen LogP contribution in [0.3, 0.4) is 0 Å². The molecule has 9 heteroatoms. The van der Waals surface area contributed by atoms with Crippen LogP contribution in [-0.2, 0) is 19.1 Å². The molecule has 2 unspecified atom stereocenters. The molecule has 0 amide bonds. The molecule has 0 aromatic heterocycles. The van der Waals surface area contributed by atoms with Crippen LogP contribution in [0.25, 0.3) is 0 Å². The normalized spacial score (nSPS) is 22.5. The molecular weight excluding hydrogens is 341 g/mol. The lowest BCUT2D eigenvalue weighted by Crippen LogP contribution is -2.30. The summed E-state index contributed by atoms with van der Waals surface area (Å²) in [5, 5.41) is 0. The number of sulfonamides is 1. The molecule has 0 N–H and O–H groups in total. The highest BCUT2D eigenvalue weighted by molar-refractivity contribution is 8.13. The van der Waals surface area contributed by atoms with Crippen LogP contribution in [0.1, 0.15) is 13.3 Å². The zero-order valence-electron chi connectivity index (χ0n) is 11.5. The van der Waals surface area contributed by atoms with E-state index < -0.39 is 34.7 Å². The molecule has 0 aliphatic heterocycles. The topological polar surface area (TPSA) is 71.5 Å². The highest BCUT2D eigenvalue weighted by Crippen LogP contribution is 2.39. The molecule has 1 aliphatic rings. The van der Waals surface area contributed by atoms with E-state index in [1.807, 2.05) is 6.92 Å². The maximum atomic E-state index is 13.9. The number of nitrogens with zero attached hydrogens (tertiary/aromatic N) is 1. The molecule has 1 aromatic rings. The van der Waals surface area contributed by atoms with Gasteiger partial charge in [-0.25, -0.2) is 25.5 Å². The van der Waals surface area contributed by atoms with Gasteiger partial charge in [0, 0.05) is 24.3 Å². The van der Waals surface area contributed by atoms with E-state index in [1.165, 1.54) is 7.05 Å². The van der Waals surface area contributed by atoms with E-state index in [4.69, 9.17) is 10.7 Å². The van der Waals surface area contributed by atoms with Crippen molar-refractivity contribution in [2.75, 3.05) is 13.6 Å². The van der Waals surface area contributed by atoms with Gasteiger partial charge in [0.2, 0.25) is 10.0 Å². The van der Waals surface area contributed by atoms with Crippen molar-refractivity contribution in [3.63, 3.8) is 0 Å². The predicted octanol–water partition coefficient (Wildman–Crippen LogP) is 2.03. The van der Waals surface area contributed by atoms with Crippen LogP contribution in [0.5, 0.6) is 0 Å². The number of hydrogen-bond donors (Lipinski definition) is 0. The molecule has 1 fully saturated rings. The van der Waals surface area contributed by atoms with E-state index >= 15 is 0 Å². The first kappa shape index (κ1) is 16.7. The van der Waals surface area contributed by atoms with Crippen LogP contribution >= 0.6 is 10.7 Å². The fourth-order valence-electron chi connectivity index (χ4n) is 2.09. The van der Waals surface area contributed by atoms with E-state index in [0.717, 1.165) is 22.9 Å². The Morgan fingerprint density at radius 2 is 1.90 bits per heavy atom. The van der Waals surface area contributed by atoms with Gasteiger partial charge in [-0.1, -0.05) is 6.92 Å². The minimum atomic E-state index is -4.10. The van der Waals surface area contributed by atoms with Crippen molar-refractivity contribution in [2.45, 2.75) is 23.1 Å². The first-order valence-corrected chi connectivity index (χ1v) is 9.99. The highest BCUT2D eigenvalue weighted by atomic mass is 35.7. The third-order valence-corrected chi connectivity index (χ3v) is 6.85. The van der Waals surface area contributed by atoms with Gasteiger partial charge in [0.05, 0.1) is 4.90 Å². The smallest absolute Gasteiger partial charge is 0.207 e. The molecular formula is C12H15ClFNO4S2. The van der Waals surface area contributed by atoms with Crippen LogP contribution in [0.15, 0.2) is 28.0 Å². The predicted molar refractivity (Wildman–Crippen MR) is 76.5 cm³/mol. The van der Waals surface area contributed by atoms with Crippen molar-refractivity contribution in [1.82, 2.24) is 4.31 Å². The number of halogens is 2. The number of rotatable bonds is 5. The molecule has 2 rings (SSSR count). The van der Waals surface area contributed by atoms with Crippen LogP contribution in [-0.4, -0.2) is 34.7 Å². The van der Waals surface area contributed by atoms with Crippen LogP contribution < -0.4 is 0 Å². The van der Waals surface area contributed by atoms with E-state index in [-0.39, 0.29) is 5.92 Å². The largest absolute Gasteiger partial charge is 0.261 e. The molecule has 0 bridgehead atoms. The summed E-state index contributed by atoms with van der Waals surface area (Å²) in [6.07, 6.45) is 0.950. The molecule has 5 nitrogen and oxygen atoms in total. The molecule has 0 radical (unpaired) electrons. The summed E-state index contributed by atoms with van der Waals surface area (Å²) in [6.45, 7) is 2.34. The Morgan fingerprint density at radius 3 is 2.33 bits per heavy atom. The first-order chi connectivity index (χ1) is 9.53.